The molecule has 21 heavy (non-hydrogen) atoms. The van der Waals surface area contributed by atoms with Crippen LogP contribution in [0.1, 0.15) is 50.5 Å². The van der Waals surface area contributed by atoms with E-state index in [0.29, 0.717) is 13.0 Å². The van der Waals surface area contributed by atoms with Gasteiger partial charge in [-0.15, -0.1) is 0 Å². The predicted molar refractivity (Wildman–Crippen MR) is 85.3 cm³/mol. The first kappa shape index (κ1) is 16.0. The molecule has 1 aliphatic rings. The molecule has 1 unspecified atom stereocenters. The number of hydrogen-bond acceptors (Lipinski definition) is 3. The van der Waals surface area contributed by atoms with Crippen molar-refractivity contribution in [3.05, 3.63) is 35.9 Å². The molecule has 3 nitrogen and oxygen atoms in total. The number of carbonyl (C=O) groups is 1. The van der Waals surface area contributed by atoms with E-state index >= 15 is 0 Å². The summed E-state index contributed by atoms with van der Waals surface area (Å²) >= 11 is 0. The van der Waals surface area contributed by atoms with Gasteiger partial charge in [0.1, 0.15) is 0 Å². The normalized spacial score (nSPS) is 20.0. The number of carbonyl (C=O) groups excluding carboxylic acids is 1. The van der Waals surface area contributed by atoms with Crippen molar-refractivity contribution in [3.63, 3.8) is 0 Å². The summed E-state index contributed by atoms with van der Waals surface area (Å²) < 4.78 is 5.13. The standard InChI is InChI=1S/C18H27NO2/c1-2-21-18(20)13-17(16-8-4-3-5-9-16)11-10-15-7-6-12-19-14-15/h3-5,8-9,15,17,19H,2,6-7,10-14H2,1H3/t15-,17?/m0/s1. The first-order valence-electron chi connectivity index (χ1n) is 8.21. The van der Waals surface area contributed by atoms with Crippen LogP contribution in [0.4, 0.5) is 0 Å². The Morgan fingerprint density at radius 1 is 1.38 bits per heavy atom. The van der Waals surface area contributed by atoms with Gasteiger partial charge < -0.3 is 10.1 Å². The van der Waals surface area contributed by atoms with E-state index in [0.717, 1.165) is 25.4 Å². The summed E-state index contributed by atoms with van der Waals surface area (Å²) in [7, 11) is 0. The number of ether oxygens (including phenoxy) is 1. The Bertz CT molecular complexity index is 412. The number of rotatable bonds is 7. The average molecular weight is 289 g/mol. The minimum Gasteiger partial charge on any atom is -0.466 e. The van der Waals surface area contributed by atoms with E-state index in [1.807, 2.05) is 13.0 Å². The van der Waals surface area contributed by atoms with Gasteiger partial charge in [0, 0.05) is 0 Å². The zero-order valence-electron chi connectivity index (χ0n) is 13.0. The van der Waals surface area contributed by atoms with Gasteiger partial charge in [-0.2, -0.15) is 0 Å². The highest BCUT2D eigenvalue weighted by molar-refractivity contribution is 5.70. The molecule has 116 valence electrons. The van der Waals surface area contributed by atoms with Crippen LogP contribution in [0.25, 0.3) is 0 Å². The van der Waals surface area contributed by atoms with E-state index in [2.05, 4.69) is 29.6 Å². The van der Waals surface area contributed by atoms with Crippen molar-refractivity contribution in [1.82, 2.24) is 5.32 Å². The molecule has 0 saturated carbocycles. The van der Waals surface area contributed by atoms with Crippen molar-refractivity contribution in [2.24, 2.45) is 5.92 Å². The summed E-state index contributed by atoms with van der Waals surface area (Å²) in [6.07, 6.45) is 5.34. The summed E-state index contributed by atoms with van der Waals surface area (Å²) in [5.41, 5.74) is 1.26. The molecule has 1 aromatic carbocycles. The summed E-state index contributed by atoms with van der Waals surface area (Å²) in [4.78, 5) is 11.8. The number of esters is 1. The second kappa shape index (κ2) is 8.83. The second-order valence-electron chi connectivity index (χ2n) is 5.91. The molecule has 1 N–H and O–H groups in total. The Hall–Kier alpha value is -1.35. The molecule has 1 heterocycles. The van der Waals surface area contributed by atoms with E-state index in [-0.39, 0.29) is 11.9 Å². The molecule has 3 heteroatoms. The SMILES string of the molecule is CCOC(=O)CC(CC[C@@H]1CCCNC1)c1ccccc1. The van der Waals surface area contributed by atoms with Crippen LogP contribution < -0.4 is 5.32 Å². The molecule has 0 radical (unpaired) electrons. The van der Waals surface area contributed by atoms with Crippen LogP contribution >= 0.6 is 0 Å². The van der Waals surface area contributed by atoms with E-state index in [4.69, 9.17) is 4.74 Å². The lowest BCUT2D eigenvalue weighted by atomic mass is 9.86. The largest absolute Gasteiger partial charge is 0.466 e. The quantitative estimate of drug-likeness (QED) is 0.781. The summed E-state index contributed by atoms with van der Waals surface area (Å²) in [6.45, 7) is 4.61. The van der Waals surface area contributed by atoms with Crippen LogP contribution in [0, 0.1) is 5.92 Å². The van der Waals surface area contributed by atoms with Crippen LogP contribution in [-0.4, -0.2) is 25.7 Å². The highest BCUT2D eigenvalue weighted by Gasteiger charge is 2.20. The summed E-state index contributed by atoms with van der Waals surface area (Å²) in [5, 5.41) is 3.47. The first-order chi connectivity index (χ1) is 10.3. The Labute approximate surface area is 128 Å². The molecular formula is C18H27NO2. The maximum Gasteiger partial charge on any atom is 0.306 e. The van der Waals surface area contributed by atoms with Crippen molar-refractivity contribution in [3.8, 4) is 0 Å². The van der Waals surface area contributed by atoms with Crippen LogP contribution in [0.2, 0.25) is 0 Å². The molecule has 1 saturated heterocycles. The van der Waals surface area contributed by atoms with Crippen LogP contribution in [0.15, 0.2) is 30.3 Å². The van der Waals surface area contributed by atoms with Gasteiger partial charge in [-0.1, -0.05) is 30.3 Å². The van der Waals surface area contributed by atoms with Gasteiger partial charge in [0.05, 0.1) is 13.0 Å². The van der Waals surface area contributed by atoms with Gasteiger partial charge in [-0.3, -0.25) is 4.79 Å². The smallest absolute Gasteiger partial charge is 0.306 e. The Morgan fingerprint density at radius 2 is 2.19 bits per heavy atom. The topological polar surface area (TPSA) is 38.3 Å². The van der Waals surface area contributed by atoms with Crippen molar-refractivity contribution in [2.45, 2.75) is 44.9 Å². The van der Waals surface area contributed by atoms with Crippen molar-refractivity contribution in [1.29, 1.82) is 0 Å². The molecule has 0 aromatic heterocycles. The lowest BCUT2D eigenvalue weighted by Gasteiger charge is -2.25. The minimum absolute atomic E-state index is 0.0758. The molecule has 2 atom stereocenters. The highest BCUT2D eigenvalue weighted by Crippen LogP contribution is 2.28. The number of hydrogen-bond donors (Lipinski definition) is 1. The Balaban J connectivity index is 1.92. The van der Waals surface area contributed by atoms with Crippen LogP contribution in [0.3, 0.4) is 0 Å². The molecular weight excluding hydrogens is 262 g/mol. The molecule has 0 bridgehead atoms. The Kier molecular flexibility index (Phi) is 6.74. The minimum atomic E-state index is -0.0758. The fourth-order valence-corrected chi connectivity index (χ4v) is 3.14. The van der Waals surface area contributed by atoms with Crippen LogP contribution in [0.5, 0.6) is 0 Å². The van der Waals surface area contributed by atoms with E-state index < -0.39 is 0 Å². The maximum absolute atomic E-state index is 11.8. The molecule has 2 rings (SSSR count). The molecule has 1 aliphatic heterocycles. The van der Waals surface area contributed by atoms with Gasteiger partial charge in [0.2, 0.25) is 0 Å². The zero-order valence-corrected chi connectivity index (χ0v) is 13.0. The van der Waals surface area contributed by atoms with Gasteiger partial charge in [-0.25, -0.2) is 0 Å². The molecule has 0 aliphatic carbocycles. The maximum atomic E-state index is 11.8. The average Bonchev–Trinajstić information content (AvgIpc) is 2.53. The third-order valence-electron chi connectivity index (χ3n) is 4.31. The zero-order chi connectivity index (χ0) is 14.9. The lowest BCUT2D eigenvalue weighted by molar-refractivity contribution is -0.143. The van der Waals surface area contributed by atoms with Crippen molar-refractivity contribution >= 4 is 5.97 Å². The number of nitrogens with one attached hydrogen (secondary N) is 1. The van der Waals surface area contributed by atoms with Crippen molar-refractivity contribution < 1.29 is 9.53 Å². The summed E-state index contributed by atoms with van der Waals surface area (Å²) in [5.74, 6) is 0.965. The van der Waals surface area contributed by atoms with E-state index in [1.54, 1.807) is 0 Å². The lowest BCUT2D eigenvalue weighted by Crippen LogP contribution is -2.30. The monoisotopic (exact) mass is 289 g/mol. The van der Waals surface area contributed by atoms with Gasteiger partial charge in [-0.05, 0) is 63.1 Å². The van der Waals surface area contributed by atoms with Gasteiger partial charge >= 0.3 is 5.97 Å². The van der Waals surface area contributed by atoms with Crippen molar-refractivity contribution in [2.75, 3.05) is 19.7 Å². The second-order valence-corrected chi connectivity index (χ2v) is 5.91. The predicted octanol–water partition coefficient (Wildman–Crippen LogP) is 3.50. The Morgan fingerprint density at radius 3 is 2.86 bits per heavy atom. The van der Waals surface area contributed by atoms with Crippen LogP contribution in [-0.2, 0) is 9.53 Å². The van der Waals surface area contributed by atoms with E-state index in [9.17, 15) is 4.79 Å². The molecule has 0 amide bonds. The number of piperidine rings is 1. The molecule has 0 spiro atoms. The number of benzene rings is 1. The molecule has 1 aromatic rings. The van der Waals surface area contributed by atoms with E-state index in [1.165, 1.54) is 24.8 Å². The fourth-order valence-electron chi connectivity index (χ4n) is 3.14. The van der Waals surface area contributed by atoms with Gasteiger partial charge in [0.25, 0.3) is 0 Å². The van der Waals surface area contributed by atoms with Gasteiger partial charge in [0.15, 0.2) is 0 Å². The summed E-state index contributed by atoms with van der Waals surface area (Å²) in [6, 6.07) is 10.4. The highest BCUT2D eigenvalue weighted by atomic mass is 16.5. The third-order valence-corrected chi connectivity index (χ3v) is 4.31. The fraction of sp³-hybridized carbons (Fsp3) is 0.611. The third kappa shape index (κ3) is 5.50. The molecule has 1 fully saturated rings. The first-order valence-corrected chi connectivity index (χ1v) is 8.21.